The number of amides is 2. The Morgan fingerprint density at radius 3 is 2.52 bits per heavy atom. The summed E-state index contributed by atoms with van der Waals surface area (Å²) in [6, 6.07) is 9.87. The minimum absolute atomic E-state index is 0.0197. The molecule has 4 rings (SSSR count). The molecule has 8 heteroatoms. The number of nitro benzene ring substituents is 1. The molecule has 1 aliphatic carbocycles. The average Bonchev–Trinajstić information content (AvgIpc) is 3.29. The smallest absolute Gasteiger partial charge is 0.293 e. The molecule has 0 spiro atoms. The average molecular weight is 411 g/mol. The number of thioether (sulfide) groups is 1. The Morgan fingerprint density at radius 1 is 1.10 bits per heavy atom. The molecule has 0 radical (unpaired) electrons. The van der Waals surface area contributed by atoms with Crippen molar-refractivity contribution in [2.24, 2.45) is 5.92 Å². The van der Waals surface area contributed by atoms with E-state index >= 15 is 0 Å². The van der Waals surface area contributed by atoms with Crippen LogP contribution in [0.4, 0.5) is 10.5 Å². The van der Waals surface area contributed by atoms with Crippen molar-refractivity contribution in [3.63, 3.8) is 0 Å². The van der Waals surface area contributed by atoms with Crippen LogP contribution in [0, 0.1) is 16.0 Å². The number of rotatable bonds is 5. The van der Waals surface area contributed by atoms with Crippen LogP contribution >= 0.6 is 11.8 Å². The van der Waals surface area contributed by atoms with Crippen LogP contribution in [0.1, 0.15) is 37.8 Å². The van der Waals surface area contributed by atoms with Crippen molar-refractivity contribution in [3.8, 4) is 5.69 Å². The first-order valence-corrected chi connectivity index (χ1v) is 10.5. The number of nitrogens with zero attached hydrogens (tertiary/aromatic N) is 3. The standard InChI is InChI=1S/C21H21N3O4S/c25-20-19(29-21(26)23(20)14-15-5-2-1-3-6-15)13-18-7-4-12-22(18)16-8-10-17(11-9-16)24(27)28/h4,7-13,15H,1-3,5-6,14H2/b19-13+. The summed E-state index contributed by atoms with van der Waals surface area (Å²) in [6.45, 7) is 0.505. The highest BCUT2D eigenvalue weighted by Gasteiger charge is 2.36. The molecule has 1 saturated heterocycles. The van der Waals surface area contributed by atoms with Gasteiger partial charge in [-0.1, -0.05) is 19.3 Å². The fourth-order valence-electron chi connectivity index (χ4n) is 3.90. The van der Waals surface area contributed by atoms with E-state index in [1.54, 1.807) is 18.2 Å². The van der Waals surface area contributed by atoms with Crippen LogP contribution in [0.2, 0.25) is 0 Å². The highest BCUT2D eigenvalue weighted by atomic mass is 32.2. The van der Waals surface area contributed by atoms with E-state index in [1.807, 2.05) is 22.9 Å². The monoisotopic (exact) mass is 411 g/mol. The third-order valence-electron chi connectivity index (χ3n) is 5.44. The topological polar surface area (TPSA) is 85.5 Å². The molecule has 7 nitrogen and oxygen atoms in total. The summed E-state index contributed by atoms with van der Waals surface area (Å²) < 4.78 is 1.83. The van der Waals surface area contributed by atoms with Gasteiger partial charge >= 0.3 is 0 Å². The van der Waals surface area contributed by atoms with Gasteiger partial charge in [0.15, 0.2) is 0 Å². The van der Waals surface area contributed by atoms with E-state index in [1.165, 1.54) is 36.3 Å². The van der Waals surface area contributed by atoms with E-state index in [9.17, 15) is 19.7 Å². The van der Waals surface area contributed by atoms with E-state index < -0.39 is 4.92 Å². The number of nitro groups is 1. The van der Waals surface area contributed by atoms with Gasteiger partial charge in [0.2, 0.25) is 0 Å². The fraction of sp³-hybridized carbons (Fsp3) is 0.333. The van der Waals surface area contributed by atoms with Crippen molar-refractivity contribution in [2.45, 2.75) is 32.1 Å². The fourth-order valence-corrected chi connectivity index (χ4v) is 4.73. The van der Waals surface area contributed by atoms with E-state index in [0.717, 1.165) is 36.0 Å². The second kappa shape index (κ2) is 8.24. The van der Waals surface area contributed by atoms with Crippen molar-refractivity contribution in [1.29, 1.82) is 0 Å². The Kier molecular flexibility index (Phi) is 5.53. The molecular formula is C21H21N3O4S. The largest absolute Gasteiger partial charge is 0.317 e. The normalized spacial score (nSPS) is 19.3. The first-order chi connectivity index (χ1) is 14.0. The maximum Gasteiger partial charge on any atom is 0.293 e. The zero-order chi connectivity index (χ0) is 20.4. The van der Waals surface area contributed by atoms with Gasteiger partial charge in [0.05, 0.1) is 9.83 Å². The first-order valence-electron chi connectivity index (χ1n) is 9.70. The van der Waals surface area contributed by atoms with Gasteiger partial charge in [-0.15, -0.1) is 0 Å². The van der Waals surface area contributed by atoms with E-state index in [4.69, 9.17) is 0 Å². The Morgan fingerprint density at radius 2 is 1.83 bits per heavy atom. The van der Waals surface area contributed by atoms with Crippen LogP contribution in [0.25, 0.3) is 11.8 Å². The summed E-state index contributed by atoms with van der Waals surface area (Å²) in [5.74, 6) is 0.169. The summed E-state index contributed by atoms with van der Waals surface area (Å²) in [7, 11) is 0. The molecule has 150 valence electrons. The number of carbonyl (C=O) groups is 2. The Labute approximate surface area is 172 Å². The molecule has 1 saturated carbocycles. The van der Waals surface area contributed by atoms with Crippen LogP contribution in [0.15, 0.2) is 47.5 Å². The number of hydrogen-bond acceptors (Lipinski definition) is 5. The lowest BCUT2D eigenvalue weighted by atomic mass is 9.89. The molecular weight excluding hydrogens is 390 g/mol. The van der Waals surface area contributed by atoms with Gasteiger partial charge < -0.3 is 4.57 Å². The summed E-state index contributed by atoms with van der Waals surface area (Å²) in [5.41, 5.74) is 1.50. The molecule has 0 N–H and O–H groups in total. The molecule has 2 heterocycles. The number of carbonyl (C=O) groups excluding carboxylic acids is 2. The highest BCUT2D eigenvalue weighted by molar-refractivity contribution is 8.18. The van der Waals surface area contributed by atoms with Gasteiger partial charge in [0.1, 0.15) is 0 Å². The number of non-ortho nitro benzene ring substituents is 1. The van der Waals surface area contributed by atoms with Crippen molar-refractivity contribution >= 4 is 34.7 Å². The lowest BCUT2D eigenvalue weighted by molar-refractivity contribution is -0.384. The molecule has 0 atom stereocenters. The van der Waals surface area contributed by atoms with Gasteiger partial charge in [-0.05, 0) is 60.9 Å². The molecule has 2 aromatic rings. The van der Waals surface area contributed by atoms with Gasteiger partial charge in [0.25, 0.3) is 16.8 Å². The SMILES string of the molecule is O=C1S/C(=C/c2cccn2-c2ccc([N+](=O)[O-])cc2)C(=O)N1CC1CCCCC1. The lowest BCUT2D eigenvalue weighted by Crippen LogP contribution is -2.34. The molecule has 1 aromatic carbocycles. The Bertz CT molecular complexity index is 974. The molecule has 1 aromatic heterocycles. The molecule has 0 bridgehead atoms. The van der Waals surface area contributed by atoms with Crippen LogP contribution in [0.5, 0.6) is 0 Å². The molecule has 2 aliphatic rings. The number of benzene rings is 1. The predicted molar refractivity (Wildman–Crippen MR) is 112 cm³/mol. The van der Waals surface area contributed by atoms with Gasteiger partial charge in [-0.3, -0.25) is 24.6 Å². The molecule has 2 fully saturated rings. The minimum Gasteiger partial charge on any atom is -0.317 e. The van der Waals surface area contributed by atoms with E-state index in [0.29, 0.717) is 17.4 Å². The number of hydrogen-bond donors (Lipinski definition) is 0. The molecule has 0 unspecified atom stereocenters. The summed E-state index contributed by atoms with van der Waals surface area (Å²) in [5, 5.41) is 10.6. The van der Waals surface area contributed by atoms with Crippen molar-refractivity contribution in [2.75, 3.05) is 6.54 Å². The Hall–Kier alpha value is -2.87. The van der Waals surface area contributed by atoms with Crippen molar-refractivity contribution in [3.05, 3.63) is 63.3 Å². The predicted octanol–water partition coefficient (Wildman–Crippen LogP) is 5.00. The zero-order valence-electron chi connectivity index (χ0n) is 15.8. The molecule has 29 heavy (non-hydrogen) atoms. The highest BCUT2D eigenvalue weighted by Crippen LogP contribution is 2.35. The molecule has 2 amide bonds. The second-order valence-electron chi connectivity index (χ2n) is 7.37. The van der Waals surface area contributed by atoms with E-state index in [-0.39, 0.29) is 16.8 Å². The van der Waals surface area contributed by atoms with Gasteiger partial charge in [-0.2, -0.15) is 0 Å². The van der Waals surface area contributed by atoms with Crippen LogP contribution in [-0.2, 0) is 4.79 Å². The third-order valence-corrected chi connectivity index (χ3v) is 6.34. The second-order valence-corrected chi connectivity index (χ2v) is 8.37. The van der Waals surface area contributed by atoms with Crippen molar-refractivity contribution in [1.82, 2.24) is 9.47 Å². The van der Waals surface area contributed by atoms with Gasteiger partial charge in [-0.25, -0.2) is 0 Å². The zero-order valence-corrected chi connectivity index (χ0v) is 16.6. The summed E-state index contributed by atoms with van der Waals surface area (Å²) >= 11 is 0.975. The van der Waals surface area contributed by atoms with E-state index in [2.05, 4.69) is 0 Å². The Balaban J connectivity index is 1.54. The minimum atomic E-state index is -0.442. The van der Waals surface area contributed by atoms with Crippen molar-refractivity contribution < 1.29 is 14.5 Å². The van der Waals surface area contributed by atoms with Crippen LogP contribution < -0.4 is 0 Å². The molecule has 1 aliphatic heterocycles. The third kappa shape index (κ3) is 4.12. The van der Waals surface area contributed by atoms with Crippen LogP contribution in [-0.4, -0.2) is 32.1 Å². The lowest BCUT2D eigenvalue weighted by Gasteiger charge is -2.25. The number of aromatic nitrogens is 1. The van der Waals surface area contributed by atoms with Gasteiger partial charge in [0, 0.05) is 36.3 Å². The van der Waals surface area contributed by atoms with Crippen LogP contribution in [0.3, 0.4) is 0 Å². The maximum absolute atomic E-state index is 12.8. The number of imide groups is 1. The summed E-state index contributed by atoms with van der Waals surface area (Å²) in [4.78, 5) is 37.4. The maximum atomic E-state index is 12.8. The summed E-state index contributed by atoms with van der Waals surface area (Å²) in [6.07, 6.45) is 9.25. The quantitative estimate of drug-likeness (QED) is 0.392. The first kappa shape index (κ1) is 19.4.